The van der Waals surface area contributed by atoms with Crippen molar-refractivity contribution in [2.24, 2.45) is 0 Å². The van der Waals surface area contributed by atoms with Crippen molar-refractivity contribution in [2.75, 3.05) is 44.3 Å². The predicted molar refractivity (Wildman–Crippen MR) is 87.7 cm³/mol. The third kappa shape index (κ3) is 5.08. The molecule has 0 radical (unpaired) electrons. The lowest BCUT2D eigenvalue weighted by molar-refractivity contribution is -0.138. The van der Waals surface area contributed by atoms with Gasteiger partial charge in [0.25, 0.3) is 0 Å². The molecule has 1 aromatic carbocycles. The Morgan fingerprint density at radius 1 is 1.20 bits per heavy atom. The first kappa shape index (κ1) is 19.5. The average molecular weight is 379 g/mol. The van der Waals surface area contributed by atoms with Gasteiger partial charge in [-0.25, -0.2) is 8.42 Å². The van der Waals surface area contributed by atoms with E-state index in [0.717, 1.165) is 12.3 Å². The van der Waals surface area contributed by atoms with Crippen LogP contribution in [0.2, 0.25) is 0 Å². The fourth-order valence-corrected chi connectivity index (χ4v) is 3.42. The lowest BCUT2D eigenvalue weighted by Crippen LogP contribution is -2.51. The first-order chi connectivity index (χ1) is 11.5. The van der Waals surface area contributed by atoms with Gasteiger partial charge in [-0.05, 0) is 24.6 Å². The molecule has 2 rings (SSSR count). The van der Waals surface area contributed by atoms with Crippen LogP contribution in [0.5, 0.6) is 0 Å². The second-order valence-corrected chi connectivity index (χ2v) is 7.91. The Morgan fingerprint density at radius 3 is 2.32 bits per heavy atom. The molecule has 0 aliphatic carbocycles. The Bertz CT molecular complexity index is 742. The molecule has 1 aromatic rings. The summed E-state index contributed by atoms with van der Waals surface area (Å²) in [6, 6.07) is 3.81. The van der Waals surface area contributed by atoms with Crippen molar-refractivity contribution in [3.63, 3.8) is 0 Å². The number of aryl methyl sites for hydroxylation is 1. The fourth-order valence-electron chi connectivity index (χ4n) is 2.60. The number of sulfonamides is 1. The zero-order valence-electron chi connectivity index (χ0n) is 13.9. The van der Waals surface area contributed by atoms with Crippen LogP contribution in [0.15, 0.2) is 18.2 Å². The van der Waals surface area contributed by atoms with E-state index in [2.05, 4.69) is 5.32 Å². The SMILES string of the molecule is Cc1ccc(NCC(=O)N2CCN(S(C)(=O)=O)CC2)cc1C(F)(F)F. The van der Waals surface area contributed by atoms with Crippen LogP contribution in [-0.2, 0) is 21.0 Å². The van der Waals surface area contributed by atoms with Crippen molar-refractivity contribution in [3.05, 3.63) is 29.3 Å². The minimum atomic E-state index is -4.45. The van der Waals surface area contributed by atoms with E-state index in [1.165, 1.54) is 28.3 Å². The van der Waals surface area contributed by atoms with Gasteiger partial charge in [0.05, 0.1) is 18.4 Å². The molecule has 10 heteroatoms. The molecule has 0 bridgehead atoms. The molecule has 0 aromatic heterocycles. The van der Waals surface area contributed by atoms with E-state index in [1.807, 2.05) is 0 Å². The largest absolute Gasteiger partial charge is 0.416 e. The molecule has 1 amide bonds. The minimum Gasteiger partial charge on any atom is -0.376 e. The topological polar surface area (TPSA) is 69.7 Å². The molecule has 1 heterocycles. The molecule has 0 unspecified atom stereocenters. The summed E-state index contributed by atoms with van der Waals surface area (Å²) in [4.78, 5) is 13.6. The van der Waals surface area contributed by atoms with Gasteiger partial charge in [-0.15, -0.1) is 0 Å². The van der Waals surface area contributed by atoms with Gasteiger partial charge in [-0.3, -0.25) is 4.79 Å². The zero-order valence-corrected chi connectivity index (χ0v) is 14.7. The summed E-state index contributed by atoms with van der Waals surface area (Å²) < 4.78 is 62.8. The van der Waals surface area contributed by atoms with Crippen molar-refractivity contribution < 1.29 is 26.4 Å². The predicted octanol–water partition coefficient (Wildman–Crippen LogP) is 1.53. The van der Waals surface area contributed by atoms with Crippen molar-refractivity contribution in [1.29, 1.82) is 0 Å². The molecule has 1 fully saturated rings. The highest BCUT2D eigenvalue weighted by Crippen LogP contribution is 2.33. The monoisotopic (exact) mass is 379 g/mol. The summed E-state index contributed by atoms with van der Waals surface area (Å²) in [6.45, 7) is 2.17. The number of nitrogens with zero attached hydrogens (tertiary/aromatic N) is 2. The lowest BCUT2D eigenvalue weighted by Gasteiger charge is -2.33. The molecular weight excluding hydrogens is 359 g/mol. The molecule has 0 spiro atoms. The van der Waals surface area contributed by atoms with E-state index in [1.54, 1.807) is 0 Å². The fraction of sp³-hybridized carbons (Fsp3) is 0.533. The summed E-state index contributed by atoms with van der Waals surface area (Å²) in [5.41, 5.74) is -0.422. The zero-order chi connectivity index (χ0) is 18.8. The Morgan fingerprint density at radius 2 is 1.80 bits per heavy atom. The maximum Gasteiger partial charge on any atom is 0.416 e. The van der Waals surface area contributed by atoms with Crippen LogP contribution in [0.4, 0.5) is 18.9 Å². The number of benzene rings is 1. The average Bonchev–Trinajstić information content (AvgIpc) is 2.52. The van der Waals surface area contributed by atoms with E-state index in [-0.39, 0.29) is 49.9 Å². The number of anilines is 1. The number of hydrogen-bond acceptors (Lipinski definition) is 4. The molecule has 140 valence electrons. The molecular formula is C15H20F3N3O3S. The highest BCUT2D eigenvalue weighted by molar-refractivity contribution is 7.88. The Hall–Kier alpha value is -1.81. The molecule has 1 N–H and O–H groups in total. The quantitative estimate of drug-likeness (QED) is 0.862. The Balaban J connectivity index is 1.93. The number of hydrogen-bond donors (Lipinski definition) is 1. The second kappa shape index (κ2) is 7.20. The van der Waals surface area contributed by atoms with Gasteiger partial charge in [0.2, 0.25) is 15.9 Å². The number of alkyl halides is 3. The van der Waals surface area contributed by atoms with Crippen LogP contribution in [0.25, 0.3) is 0 Å². The summed E-state index contributed by atoms with van der Waals surface area (Å²) in [5, 5.41) is 2.70. The molecule has 6 nitrogen and oxygen atoms in total. The van der Waals surface area contributed by atoms with Gasteiger partial charge in [0.15, 0.2) is 0 Å². The highest BCUT2D eigenvalue weighted by atomic mass is 32.2. The maximum atomic E-state index is 12.9. The first-order valence-electron chi connectivity index (χ1n) is 7.63. The summed E-state index contributed by atoms with van der Waals surface area (Å²) in [5.74, 6) is -0.290. The molecule has 1 saturated heterocycles. The number of piperazine rings is 1. The van der Waals surface area contributed by atoms with Crippen LogP contribution in [0, 0.1) is 6.92 Å². The van der Waals surface area contributed by atoms with Crippen LogP contribution >= 0.6 is 0 Å². The third-order valence-corrected chi connectivity index (χ3v) is 5.35. The summed E-state index contributed by atoms with van der Waals surface area (Å²) >= 11 is 0. The van der Waals surface area contributed by atoms with E-state index < -0.39 is 21.8 Å². The molecule has 1 aliphatic heterocycles. The number of carbonyl (C=O) groups is 1. The van der Waals surface area contributed by atoms with E-state index in [9.17, 15) is 26.4 Å². The standard InChI is InChI=1S/C15H20F3N3O3S/c1-11-3-4-12(9-13(11)15(16,17)18)19-10-14(22)20-5-7-21(8-6-20)25(2,23)24/h3-4,9,19H,5-8,10H2,1-2H3. The summed E-state index contributed by atoms with van der Waals surface area (Å²) in [6.07, 6.45) is -3.34. The smallest absolute Gasteiger partial charge is 0.376 e. The number of halogens is 3. The van der Waals surface area contributed by atoms with E-state index >= 15 is 0 Å². The molecule has 1 aliphatic rings. The highest BCUT2D eigenvalue weighted by Gasteiger charge is 2.32. The number of rotatable bonds is 4. The van der Waals surface area contributed by atoms with Gasteiger partial charge < -0.3 is 10.2 Å². The van der Waals surface area contributed by atoms with Crippen molar-refractivity contribution in [1.82, 2.24) is 9.21 Å². The Kier molecular flexibility index (Phi) is 5.62. The van der Waals surface area contributed by atoms with Gasteiger partial charge in [-0.2, -0.15) is 17.5 Å². The second-order valence-electron chi connectivity index (χ2n) is 5.92. The summed E-state index contributed by atoms with van der Waals surface area (Å²) in [7, 11) is -3.28. The first-order valence-corrected chi connectivity index (χ1v) is 9.48. The van der Waals surface area contributed by atoms with Crippen LogP contribution < -0.4 is 5.32 Å². The maximum absolute atomic E-state index is 12.9. The lowest BCUT2D eigenvalue weighted by atomic mass is 10.1. The number of nitrogens with one attached hydrogen (secondary N) is 1. The van der Waals surface area contributed by atoms with Crippen LogP contribution in [0.1, 0.15) is 11.1 Å². The van der Waals surface area contributed by atoms with Gasteiger partial charge in [0, 0.05) is 31.9 Å². The van der Waals surface area contributed by atoms with Gasteiger partial charge in [-0.1, -0.05) is 6.07 Å². The van der Waals surface area contributed by atoms with Crippen LogP contribution in [-0.4, -0.2) is 62.5 Å². The molecule has 0 atom stereocenters. The normalized spacial score (nSPS) is 16.8. The van der Waals surface area contributed by atoms with Crippen molar-refractivity contribution in [2.45, 2.75) is 13.1 Å². The van der Waals surface area contributed by atoms with E-state index in [0.29, 0.717) is 0 Å². The van der Waals surface area contributed by atoms with Gasteiger partial charge in [0.1, 0.15) is 0 Å². The third-order valence-electron chi connectivity index (χ3n) is 4.05. The number of amides is 1. The molecule has 25 heavy (non-hydrogen) atoms. The van der Waals surface area contributed by atoms with Crippen LogP contribution in [0.3, 0.4) is 0 Å². The van der Waals surface area contributed by atoms with E-state index in [4.69, 9.17) is 0 Å². The van der Waals surface area contributed by atoms with Crippen molar-refractivity contribution in [3.8, 4) is 0 Å². The molecule has 0 saturated carbocycles. The van der Waals surface area contributed by atoms with Crippen molar-refractivity contribution >= 4 is 21.6 Å². The van der Waals surface area contributed by atoms with Gasteiger partial charge >= 0.3 is 6.18 Å². The Labute approximate surface area is 144 Å². The number of carbonyl (C=O) groups excluding carboxylic acids is 1. The minimum absolute atomic E-state index is 0.112.